The van der Waals surface area contributed by atoms with Gasteiger partial charge < -0.3 is 9.15 Å². The van der Waals surface area contributed by atoms with Gasteiger partial charge in [-0.05, 0) is 12.1 Å². The van der Waals surface area contributed by atoms with Crippen LogP contribution in [0.1, 0.15) is 11.8 Å². The summed E-state index contributed by atoms with van der Waals surface area (Å²) in [5.74, 6) is 0.571. The fourth-order valence-corrected chi connectivity index (χ4v) is 3.54. The molecule has 0 radical (unpaired) electrons. The van der Waals surface area contributed by atoms with Crippen LogP contribution < -0.4 is 4.72 Å². The summed E-state index contributed by atoms with van der Waals surface area (Å²) in [6, 6.07) is 3.02. The maximum absolute atomic E-state index is 12.2. The number of sulfonamides is 1. The molecule has 0 saturated carbocycles. The van der Waals surface area contributed by atoms with E-state index < -0.39 is 21.3 Å². The van der Waals surface area contributed by atoms with E-state index in [0.29, 0.717) is 12.4 Å². The van der Waals surface area contributed by atoms with Crippen LogP contribution in [0.5, 0.6) is 0 Å². The van der Waals surface area contributed by atoms with Crippen molar-refractivity contribution in [2.75, 3.05) is 33.9 Å². The van der Waals surface area contributed by atoms with Gasteiger partial charge in [0.1, 0.15) is 17.1 Å². The molecular weight excluding hydrogens is 272 g/mol. The zero-order valence-corrected chi connectivity index (χ0v) is 11.7. The van der Waals surface area contributed by atoms with Crippen LogP contribution in [0.25, 0.3) is 0 Å². The minimum Gasteiger partial charge on any atom is -0.468 e. The van der Waals surface area contributed by atoms with Crippen molar-refractivity contribution in [3.8, 4) is 0 Å². The molecule has 108 valence electrons. The van der Waals surface area contributed by atoms with Crippen LogP contribution in [0.2, 0.25) is 0 Å². The van der Waals surface area contributed by atoms with Crippen LogP contribution in [0.4, 0.5) is 0 Å². The van der Waals surface area contributed by atoms with Crippen molar-refractivity contribution in [3.63, 3.8) is 0 Å². The van der Waals surface area contributed by atoms with E-state index >= 15 is 0 Å². The Balaban J connectivity index is 2.14. The molecule has 1 saturated heterocycles. The SMILES string of the molecule is COCCNS(=O)(=O)C1CON(C)C1c1ccco1. The Hall–Kier alpha value is -0.930. The normalized spacial score (nSPS) is 24.9. The summed E-state index contributed by atoms with van der Waals surface area (Å²) < 4.78 is 37.1. The van der Waals surface area contributed by atoms with E-state index in [1.165, 1.54) is 18.4 Å². The number of furan rings is 1. The van der Waals surface area contributed by atoms with Gasteiger partial charge in [-0.3, -0.25) is 4.84 Å². The first kappa shape index (κ1) is 14.5. The van der Waals surface area contributed by atoms with Crippen LogP contribution in [0.3, 0.4) is 0 Å². The minimum absolute atomic E-state index is 0.101. The Kier molecular flexibility index (Phi) is 4.58. The van der Waals surface area contributed by atoms with Gasteiger partial charge in [0.2, 0.25) is 10.0 Å². The highest BCUT2D eigenvalue weighted by Gasteiger charge is 2.44. The fraction of sp³-hybridized carbons (Fsp3) is 0.636. The zero-order chi connectivity index (χ0) is 13.9. The molecule has 2 unspecified atom stereocenters. The van der Waals surface area contributed by atoms with Crippen LogP contribution in [0.15, 0.2) is 22.8 Å². The van der Waals surface area contributed by atoms with E-state index in [9.17, 15) is 8.42 Å². The maximum atomic E-state index is 12.2. The second-order valence-electron chi connectivity index (χ2n) is 4.27. The molecule has 1 aliphatic rings. The molecule has 8 heteroatoms. The van der Waals surface area contributed by atoms with E-state index in [-0.39, 0.29) is 13.2 Å². The number of ether oxygens (including phenoxy) is 1. The predicted molar refractivity (Wildman–Crippen MR) is 67.8 cm³/mol. The summed E-state index contributed by atoms with van der Waals surface area (Å²) >= 11 is 0. The predicted octanol–water partition coefficient (Wildman–Crippen LogP) is 0.132. The van der Waals surface area contributed by atoms with Crippen molar-refractivity contribution in [1.82, 2.24) is 9.79 Å². The topological polar surface area (TPSA) is 81.0 Å². The Morgan fingerprint density at radius 2 is 2.37 bits per heavy atom. The highest BCUT2D eigenvalue weighted by atomic mass is 32.2. The first-order chi connectivity index (χ1) is 9.06. The third kappa shape index (κ3) is 3.15. The summed E-state index contributed by atoms with van der Waals surface area (Å²) in [6.45, 7) is 0.669. The summed E-state index contributed by atoms with van der Waals surface area (Å²) in [4.78, 5) is 5.32. The van der Waals surface area contributed by atoms with Crippen LogP contribution >= 0.6 is 0 Å². The van der Waals surface area contributed by atoms with E-state index in [1.807, 2.05) is 0 Å². The lowest BCUT2D eigenvalue weighted by atomic mass is 10.2. The maximum Gasteiger partial charge on any atom is 0.219 e. The molecule has 1 aromatic rings. The molecule has 0 aromatic carbocycles. The number of hydrogen-bond acceptors (Lipinski definition) is 6. The van der Waals surface area contributed by atoms with Crippen molar-refractivity contribution in [2.45, 2.75) is 11.3 Å². The Labute approximate surface area is 112 Å². The molecule has 1 aromatic heterocycles. The van der Waals surface area contributed by atoms with Gasteiger partial charge in [0.25, 0.3) is 0 Å². The van der Waals surface area contributed by atoms with Gasteiger partial charge in [-0.2, -0.15) is 5.06 Å². The molecule has 1 N–H and O–H groups in total. The van der Waals surface area contributed by atoms with E-state index in [2.05, 4.69) is 4.72 Å². The minimum atomic E-state index is -3.50. The molecule has 1 fully saturated rings. The van der Waals surface area contributed by atoms with Crippen LogP contribution in [-0.4, -0.2) is 52.6 Å². The van der Waals surface area contributed by atoms with Gasteiger partial charge >= 0.3 is 0 Å². The van der Waals surface area contributed by atoms with E-state index in [1.54, 1.807) is 19.2 Å². The molecule has 0 bridgehead atoms. The molecule has 2 rings (SSSR count). The second-order valence-corrected chi connectivity index (χ2v) is 6.26. The number of hydroxylamine groups is 2. The molecule has 7 nitrogen and oxygen atoms in total. The smallest absolute Gasteiger partial charge is 0.219 e. The highest BCUT2D eigenvalue weighted by molar-refractivity contribution is 7.90. The summed E-state index contributed by atoms with van der Waals surface area (Å²) in [5.41, 5.74) is 0. The molecule has 0 aliphatic carbocycles. The van der Waals surface area contributed by atoms with Gasteiger partial charge in [0.05, 0.1) is 19.5 Å². The first-order valence-corrected chi connectivity index (χ1v) is 7.47. The second kappa shape index (κ2) is 6.02. The number of rotatable bonds is 6. The zero-order valence-electron chi connectivity index (χ0n) is 10.9. The molecule has 19 heavy (non-hydrogen) atoms. The molecule has 2 atom stereocenters. The highest BCUT2D eigenvalue weighted by Crippen LogP contribution is 2.33. The van der Waals surface area contributed by atoms with Crippen molar-refractivity contribution >= 4 is 10.0 Å². The first-order valence-electron chi connectivity index (χ1n) is 5.93. The van der Waals surface area contributed by atoms with E-state index in [4.69, 9.17) is 14.0 Å². The van der Waals surface area contributed by atoms with Gasteiger partial charge in [0.15, 0.2) is 0 Å². The van der Waals surface area contributed by atoms with Crippen molar-refractivity contribution in [3.05, 3.63) is 24.2 Å². The summed E-state index contributed by atoms with van der Waals surface area (Å²) in [6.07, 6.45) is 1.52. The van der Waals surface area contributed by atoms with Gasteiger partial charge in [0, 0.05) is 20.7 Å². The number of hydrogen-bond donors (Lipinski definition) is 1. The van der Waals surface area contributed by atoms with E-state index in [0.717, 1.165) is 0 Å². The lowest BCUT2D eigenvalue weighted by molar-refractivity contribution is -0.113. The monoisotopic (exact) mass is 290 g/mol. The lowest BCUT2D eigenvalue weighted by Gasteiger charge is -2.20. The fourth-order valence-electron chi connectivity index (χ4n) is 2.07. The molecule has 1 aliphatic heterocycles. The van der Waals surface area contributed by atoms with Crippen LogP contribution in [-0.2, 0) is 19.6 Å². The largest absolute Gasteiger partial charge is 0.468 e. The number of nitrogens with one attached hydrogen (secondary N) is 1. The van der Waals surface area contributed by atoms with Crippen molar-refractivity contribution in [2.24, 2.45) is 0 Å². The molecule has 0 spiro atoms. The standard InChI is InChI=1S/C11H18N2O5S/c1-13-11(9-4-3-6-17-9)10(8-18-13)19(14,15)12-5-7-16-2/h3-4,6,10-12H,5,7-8H2,1-2H3. The number of nitrogens with zero attached hydrogens (tertiary/aromatic N) is 1. The Bertz CT molecular complexity index is 487. The van der Waals surface area contributed by atoms with Crippen molar-refractivity contribution in [1.29, 1.82) is 0 Å². The molecule has 0 amide bonds. The van der Waals surface area contributed by atoms with Crippen molar-refractivity contribution < 1.29 is 22.4 Å². The van der Waals surface area contributed by atoms with Gasteiger partial charge in [-0.25, -0.2) is 13.1 Å². The summed E-state index contributed by atoms with van der Waals surface area (Å²) in [5, 5.41) is 0.805. The van der Waals surface area contributed by atoms with Gasteiger partial charge in [-0.15, -0.1) is 0 Å². The average Bonchev–Trinajstić information content (AvgIpc) is 2.97. The van der Waals surface area contributed by atoms with Gasteiger partial charge in [-0.1, -0.05) is 0 Å². The third-order valence-corrected chi connectivity index (χ3v) is 4.83. The molecular formula is C11H18N2O5S. The lowest BCUT2D eigenvalue weighted by Crippen LogP contribution is -2.40. The Morgan fingerprint density at radius 3 is 3.00 bits per heavy atom. The Morgan fingerprint density at radius 1 is 1.58 bits per heavy atom. The number of methoxy groups -OCH3 is 1. The third-order valence-electron chi connectivity index (χ3n) is 3.03. The average molecular weight is 290 g/mol. The van der Waals surface area contributed by atoms with Crippen LogP contribution in [0, 0.1) is 0 Å². The molecule has 2 heterocycles. The summed E-state index contributed by atoms with van der Waals surface area (Å²) in [7, 11) is -0.284. The quantitative estimate of drug-likeness (QED) is 0.750.